The van der Waals surface area contributed by atoms with Crippen LogP contribution in [0.2, 0.25) is 0 Å². The van der Waals surface area contributed by atoms with Gasteiger partial charge in [-0.25, -0.2) is 4.79 Å². The first kappa shape index (κ1) is 14.7. The van der Waals surface area contributed by atoms with Crippen LogP contribution in [0.15, 0.2) is 0 Å². The van der Waals surface area contributed by atoms with Crippen LogP contribution in [0.25, 0.3) is 0 Å². The Bertz CT molecular complexity index is 340. The van der Waals surface area contributed by atoms with Crippen LogP contribution in [0.5, 0.6) is 0 Å². The Morgan fingerprint density at radius 3 is 2.16 bits per heavy atom. The SMILES string of the molecule is CCC1(C)CC2(CCN(C(=O)OC(C)(C)C)CC2)C1. The van der Waals surface area contributed by atoms with Crippen LogP contribution in [0.4, 0.5) is 4.79 Å². The van der Waals surface area contributed by atoms with E-state index in [0.717, 1.165) is 25.9 Å². The lowest BCUT2D eigenvalue weighted by molar-refractivity contribution is -0.0738. The number of carbonyl (C=O) groups excluding carboxylic acids is 1. The maximum atomic E-state index is 12.0. The second-order valence-electron chi connectivity index (χ2n) is 7.99. The number of hydrogen-bond donors (Lipinski definition) is 0. The first-order valence-electron chi connectivity index (χ1n) is 7.65. The third-order valence-corrected chi connectivity index (χ3v) is 4.93. The molecule has 2 fully saturated rings. The van der Waals surface area contributed by atoms with Crippen molar-refractivity contribution < 1.29 is 9.53 Å². The molecule has 0 atom stereocenters. The van der Waals surface area contributed by atoms with E-state index in [1.165, 1.54) is 19.3 Å². The molecule has 0 aromatic carbocycles. The highest BCUT2D eigenvalue weighted by atomic mass is 16.6. The first-order valence-corrected chi connectivity index (χ1v) is 7.65. The minimum absolute atomic E-state index is 0.139. The van der Waals surface area contributed by atoms with E-state index in [9.17, 15) is 4.79 Å². The summed E-state index contributed by atoms with van der Waals surface area (Å²) in [5.74, 6) is 0. The summed E-state index contributed by atoms with van der Waals surface area (Å²) in [6, 6.07) is 0. The summed E-state index contributed by atoms with van der Waals surface area (Å²) in [5, 5.41) is 0. The van der Waals surface area contributed by atoms with E-state index in [0.29, 0.717) is 10.8 Å². The number of piperidine rings is 1. The molecule has 1 aliphatic carbocycles. The molecule has 1 amide bonds. The van der Waals surface area contributed by atoms with E-state index in [-0.39, 0.29) is 11.7 Å². The lowest BCUT2D eigenvalue weighted by atomic mass is 9.49. The summed E-state index contributed by atoms with van der Waals surface area (Å²) in [5.41, 5.74) is 0.709. The van der Waals surface area contributed by atoms with E-state index in [1.807, 2.05) is 25.7 Å². The predicted molar refractivity (Wildman–Crippen MR) is 77.1 cm³/mol. The molecular weight excluding hydrogens is 238 g/mol. The van der Waals surface area contributed by atoms with Crippen molar-refractivity contribution in [3.63, 3.8) is 0 Å². The Balaban J connectivity index is 1.82. The second kappa shape index (κ2) is 4.68. The molecule has 1 heterocycles. The fourth-order valence-electron chi connectivity index (χ4n) is 3.85. The number of amides is 1. The van der Waals surface area contributed by atoms with Crippen molar-refractivity contribution in [1.82, 2.24) is 4.90 Å². The smallest absolute Gasteiger partial charge is 0.410 e. The van der Waals surface area contributed by atoms with E-state index in [4.69, 9.17) is 4.74 Å². The second-order valence-corrected chi connectivity index (χ2v) is 7.99. The van der Waals surface area contributed by atoms with E-state index >= 15 is 0 Å². The molecular formula is C16H29NO2. The van der Waals surface area contributed by atoms with Crippen LogP contribution in [-0.4, -0.2) is 29.7 Å². The van der Waals surface area contributed by atoms with Crippen LogP contribution in [0, 0.1) is 10.8 Å². The zero-order valence-electron chi connectivity index (χ0n) is 13.2. The summed E-state index contributed by atoms with van der Waals surface area (Å²) in [7, 11) is 0. The first-order chi connectivity index (χ1) is 8.67. The Hall–Kier alpha value is -0.730. The average Bonchev–Trinajstić information content (AvgIpc) is 2.25. The number of carbonyl (C=O) groups is 1. The van der Waals surface area contributed by atoms with Crippen LogP contribution < -0.4 is 0 Å². The van der Waals surface area contributed by atoms with Crippen molar-refractivity contribution in [3.8, 4) is 0 Å². The molecule has 0 radical (unpaired) electrons. The van der Waals surface area contributed by atoms with Gasteiger partial charge in [-0.15, -0.1) is 0 Å². The highest BCUT2D eigenvalue weighted by Gasteiger charge is 2.51. The summed E-state index contributed by atoms with van der Waals surface area (Å²) in [6.45, 7) is 12.2. The van der Waals surface area contributed by atoms with Gasteiger partial charge in [0.05, 0.1) is 0 Å². The van der Waals surface area contributed by atoms with Gasteiger partial charge in [-0.05, 0) is 57.3 Å². The number of likely N-dealkylation sites (tertiary alicyclic amines) is 1. The van der Waals surface area contributed by atoms with Crippen molar-refractivity contribution >= 4 is 6.09 Å². The zero-order valence-corrected chi connectivity index (χ0v) is 13.2. The largest absolute Gasteiger partial charge is 0.444 e. The third kappa shape index (κ3) is 3.24. The third-order valence-electron chi connectivity index (χ3n) is 4.93. The number of nitrogens with zero attached hydrogens (tertiary/aromatic N) is 1. The molecule has 19 heavy (non-hydrogen) atoms. The van der Waals surface area contributed by atoms with Gasteiger partial charge in [0, 0.05) is 13.1 Å². The highest BCUT2D eigenvalue weighted by Crippen LogP contribution is 2.60. The van der Waals surface area contributed by atoms with Crippen LogP contribution in [-0.2, 0) is 4.74 Å². The molecule has 1 aliphatic heterocycles. The van der Waals surface area contributed by atoms with Crippen molar-refractivity contribution in [1.29, 1.82) is 0 Å². The molecule has 2 aliphatic rings. The maximum Gasteiger partial charge on any atom is 0.410 e. The molecule has 110 valence electrons. The number of ether oxygens (including phenoxy) is 1. The van der Waals surface area contributed by atoms with E-state index in [2.05, 4.69) is 13.8 Å². The lowest BCUT2D eigenvalue weighted by Gasteiger charge is -2.58. The number of rotatable bonds is 1. The van der Waals surface area contributed by atoms with Crippen molar-refractivity contribution in [2.75, 3.05) is 13.1 Å². The topological polar surface area (TPSA) is 29.5 Å². The number of hydrogen-bond acceptors (Lipinski definition) is 2. The average molecular weight is 267 g/mol. The van der Waals surface area contributed by atoms with Crippen molar-refractivity contribution in [2.24, 2.45) is 10.8 Å². The summed E-state index contributed by atoms with van der Waals surface area (Å²) in [4.78, 5) is 13.9. The summed E-state index contributed by atoms with van der Waals surface area (Å²) in [6.07, 6.45) is 6.14. The van der Waals surface area contributed by atoms with Crippen molar-refractivity contribution in [3.05, 3.63) is 0 Å². The zero-order chi connectivity index (χ0) is 14.3. The standard InChI is InChI=1S/C16H29NO2/c1-6-15(5)11-16(12-15)7-9-17(10-8-16)13(18)19-14(2,3)4/h6-12H2,1-5H3. The quantitative estimate of drug-likeness (QED) is 0.712. The molecule has 3 heteroatoms. The van der Waals surface area contributed by atoms with Gasteiger partial charge in [-0.1, -0.05) is 20.3 Å². The normalized spacial score (nSPS) is 25.0. The minimum Gasteiger partial charge on any atom is -0.444 e. The fraction of sp³-hybridized carbons (Fsp3) is 0.938. The van der Waals surface area contributed by atoms with Gasteiger partial charge in [0.1, 0.15) is 5.60 Å². The molecule has 1 saturated heterocycles. The fourth-order valence-corrected chi connectivity index (χ4v) is 3.85. The molecule has 0 aromatic heterocycles. The minimum atomic E-state index is -0.385. The molecule has 0 aromatic rings. The van der Waals surface area contributed by atoms with Crippen LogP contribution in [0.3, 0.4) is 0 Å². The van der Waals surface area contributed by atoms with Crippen LogP contribution in [0.1, 0.15) is 66.7 Å². The molecule has 0 unspecified atom stereocenters. The molecule has 1 saturated carbocycles. The monoisotopic (exact) mass is 267 g/mol. The van der Waals surface area contributed by atoms with Crippen molar-refractivity contribution in [2.45, 2.75) is 72.3 Å². The van der Waals surface area contributed by atoms with E-state index in [1.54, 1.807) is 0 Å². The Kier molecular flexibility index (Phi) is 3.61. The van der Waals surface area contributed by atoms with Gasteiger partial charge in [-0.3, -0.25) is 0 Å². The summed E-state index contributed by atoms with van der Waals surface area (Å²) < 4.78 is 5.45. The molecule has 0 N–H and O–H groups in total. The Morgan fingerprint density at radius 1 is 1.21 bits per heavy atom. The lowest BCUT2D eigenvalue weighted by Crippen LogP contribution is -2.52. The van der Waals surface area contributed by atoms with Gasteiger partial charge in [0.15, 0.2) is 0 Å². The predicted octanol–water partition coefficient (Wildman–Crippen LogP) is 4.21. The molecule has 1 spiro atoms. The Labute approximate surface area is 117 Å². The van der Waals surface area contributed by atoms with Gasteiger partial charge in [0.2, 0.25) is 0 Å². The Morgan fingerprint density at radius 2 is 1.74 bits per heavy atom. The van der Waals surface area contributed by atoms with Gasteiger partial charge in [-0.2, -0.15) is 0 Å². The van der Waals surface area contributed by atoms with Crippen LogP contribution >= 0.6 is 0 Å². The van der Waals surface area contributed by atoms with Gasteiger partial charge < -0.3 is 9.64 Å². The molecule has 3 nitrogen and oxygen atoms in total. The van der Waals surface area contributed by atoms with E-state index < -0.39 is 0 Å². The van der Waals surface area contributed by atoms with Gasteiger partial charge in [0.25, 0.3) is 0 Å². The van der Waals surface area contributed by atoms with Gasteiger partial charge >= 0.3 is 6.09 Å². The molecule has 2 rings (SSSR count). The maximum absolute atomic E-state index is 12.0. The highest BCUT2D eigenvalue weighted by molar-refractivity contribution is 5.68. The summed E-state index contributed by atoms with van der Waals surface area (Å²) >= 11 is 0. The molecule has 0 bridgehead atoms.